The first-order chi connectivity index (χ1) is 17.8. The number of esters is 2. The molecule has 8 nitrogen and oxygen atoms in total. The molecule has 4 heterocycles. The zero-order valence-corrected chi connectivity index (χ0v) is 25.5. The molecule has 0 aliphatic rings. The van der Waals surface area contributed by atoms with E-state index in [1.807, 2.05) is 45.6 Å². The number of pyridine rings is 2. The van der Waals surface area contributed by atoms with Crippen LogP contribution in [0.15, 0.2) is 42.9 Å². The van der Waals surface area contributed by atoms with E-state index >= 15 is 0 Å². The molecule has 0 radical (unpaired) electrons. The molecule has 0 aromatic carbocycles. The summed E-state index contributed by atoms with van der Waals surface area (Å²) in [5.74, 6) is 1.68. The van der Waals surface area contributed by atoms with E-state index in [-0.39, 0.29) is 11.9 Å². The summed E-state index contributed by atoms with van der Waals surface area (Å²) in [4.78, 5) is 31.4. The molecule has 0 spiro atoms. The quantitative estimate of drug-likeness (QED) is 0.144. The van der Waals surface area contributed by atoms with E-state index < -0.39 is 0 Å². The average molecular weight is 695 g/mol. The molecular formula is C24H25Cl2IN4O4S2. The molecule has 0 atom stereocenters. The first-order valence-electron chi connectivity index (χ1n) is 11.2. The maximum atomic E-state index is 11.2. The predicted molar refractivity (Wildman–Crippen MR) is 159 cm³/mol. The van der Waals surface area contributed by atoms with Crippen molar-refractivity contribution in [1.82, 2.24) is 18.8 Å². The molecular weight excluding hydrogens is 670 g/mol. The van der Waals surface area contributed by atoms with E-state index in [0.29, 0.717) is 46.3 Å². The summed E-state index contributed by atoms with van der Waals surface area (Å²) < 4.78 is 14.6. The number of imidazole rings is 2. The van der Waals surface area contributed by atoms with Crippen molar-refractivity contribution in [3.63, 3.8) is 0 Å². The Balaban J connectivity index is 0.000000206. The van der Waals surface area contributed by atoms with Gasteiger partial charge in [0.25, 0.3) is 0 Å². The second-order valence-electron chi connectivity index (χ2n) is 7.37. The lowest BCUT2D eigenvalue weighted by molar-refractivity contribution is -0.140. The van der Waals surface area contributed by atoms with Gasteiger partial charge in [0.1, 0.15) is 15.0 Å². The number of carbonyl (C=O) groups excluding carboxylic acids is 2. The third kappa shape index (κ3) is 9.24. The average Bonchev–Trinajstić information content (AvgIpc) is 3.40. The number of halogens is 3. The Hall–Kier alpha value is -1.67. The lowest BCUT2D eigenvalue weighted by Gasteiger charge is -2.00. The zero-order chi connectivity index (χ0) is 26.8. The minimum atomic E-state index is -0.186. The van der Waals surface area contributed by atoms with Crippen molar-refractivity contribution >= 4 is 92.5 Å². The van der Waals surface area contributed by atoms with Gasteiger partial charge in [0.05, 0.1) is 46.2 Å². The molecule has 4 aromatic heterocycles. The number of fused-ring (bicyclic) bond motifs is 2. The summed E-state index contributed by atoms with van der Waals surface area (Å²) in [6.45, 7) is 4.45. The van der Waals surface area contributed by atoms with E-state index in [1.54, 1.807) is 19.9 Å². The Kier molecular flexibility index (Phi) is 12.2. The summed E-state index contributed by atoms with van der Waals surface area (Å²) in [5.41, 5.74) is 3.59. The van der Waals surface area contributed by atoms with Crippen LogP contribution in [0.3, 0.4) is 0 Å². The number of nitrogens with zero attached hydrogens (tertiary/aromatic N) is 4. The highest BCUT2D eigenvalue weighted by Gasteiger charge is 2.11. The van der Waals surface area contributed by atoms with Gasteiger partial charge < -0.3 is 13.9 Å². The van der Waals surface area contributed by atoms with Crippen LogP contribution in [-0.2, 0) is 30.6 Å². The summed E-state index contributed by atoms with van der Waals surface area (Å²) in [6, 6.07) is 7.36. The Morgan fingerprint density at radius 1 is 0.865 bits per heavy atom. The van der Waals surface area contributed by atoms with E-state index in [1.165, 1.54) is 23.5 Å². The number of thioether (sulfide) groups is 2. The standard InChI is InChI=1S/C12H12ClIN2O2S.C12H13ClN2O2S/c1-2-18-11(17)7-19-6-9-12(14)16-5-8(13)3-4-10(16)15-9;1-2-17-12(16)8-18-7-10-6-15-5-9(13)3-4-11(15)14-10/h3-5H,2,6-7H2,1H3;3-6H,2,7-8H2,1H3. The Morgan fingerprint density at radius 2 is 1.46 bits per heavy atom. The van der Waals surface area contributed by atoms with Crippen LogP contribution in [0.2, 0.25) is 10.0 Å². The Bertz CT molecular complexity index is 1370. The Labute approximate surface area is 246 Å². The van der Waals surface area contributed by atoms with Gasteiger partial charge in [-0.3, -0.25) is 14.0 Å². The SMILES string of the molecule is CCOC(=O)CSCc1cn2cc(Cl)ccc2n1.CCOC(=O)CSCc1nc2ccc(Cl)cn2c1I. The van der Waals surface area contributed by atoms with Crippen LogP contribution in [0.25, 0.3) is 11.3 Å². The fourth-order valence-electron chi connectivity index (χ4n) is 3.09. The van der Waals surface area contributed by atoms with Gasteiger partial charge in [0.15, 0.2) is 0 Å². The van der Waals surface area contributed by atoms with E-state index in [2.05, 4.69) is 32.6 Å². The first-order valence-corrected chi connectivity index (χ1v) is 15.4. The largest absolute Gasteiger partial charge is 0.465 e. The van der Waals surface area contributed by atoms with Gasteiger partial charge in [-0.25, -0.2) is 9.97 Å². The topological polar surface area (TPSA) is 87.2 Å². The number of ether oxygens (including phenoxy) is 2. The third-order valence-electron chi connectivity index (χ3n) is 4.59. The smallest absolute Gasteiger partial charge is 0.315 e. The molecule has 198 valence electrons. The molecule has 0 fully saturated rings. The Morgan fingerprint density at radius 3 is 2.11 bits per heavy atom. The van der Waals surface area contributed by atoms with Crippen LogP contribution in [0.5, 0.6) is 0 Å². The molecule has 0 aliphatic carbocycles. The summed E-state index contributed by atoms with van der Waals surface area (Å²) in [7, 11) is 0. The van der Waals surface area contributed by atoms with E-state index in [9.17, 15) is 9.59 Å². The molecule has 0 N–H and O–H groups in total. The van der Waals surface area contributed by atoms with Gasteiger partial charge in [-0.05, 0) is 60.7 Å². The molecule has 0 saturated carbocycles. The minimum absolute atomic E-state index is 0.186. The summed E-state index contributed by atoms with van der Waals surface area (Å²) in [6.07, 6.45) is 5.56. The maximum Gasteiger partial charge on any atom is 0.315 e. The monoisotopic (exact) mass is 694 g/mol. The van der Waals surface area contributed by atoms with Gasteiger partial charge in [0, 0.05) is 30.1 Å². The number of hydrogen-bond acceptors (Lipinski definition) is 8. The van der Waals surface area contributed by atoms with Crippen molar-refractivity contribution in [2.75, 3.05) is 24.7 Å². The van der Waals surface area contributed by atoms with Crippen molar-refractivity contribution in [2.24, 2.45) is 0 Å². The zero-order valence-electron chi connectivity index (χ0n) is 20.2. The fourth-order valence-corrected chi connectivity index (χ4v) is 5.82. The molecule has 0 aliphatic heterocycles. The number of aromatic nitrogens is 4. The van der Waals surface area contributed by atoms with Gasteiger partial charge in [0.2, 0.25) is 0 Å². The highest BCUT2D eigenvalue weighted by atomic mass is 127. The highest BCUT2D eigenvalue weighted by molar-refractivity contribution is 14.1. The normalized spacial score (nSPS) is 10.8. The van der Waals surface area contributed by atoms with E-state index in [0.717, 1.165) is 26.4 Å². The van der Waals surface area contributed by atoms with Crippen molar-refractivity contribution in [1.29, 1.82) is 0 Å². The molecule has 37 heavy (non-hydrogen) atoms. The van der Waals surface area contributed by atoms with Crippen LogP contribution in [-0.4, -0.2) is 55.4 Å². The predicted octanol–water partition coefficient (Wildman–Crippen LogP) is 6.17. The second kappa shape index (κ2) is 15.1. The van der Waals surface area contributed by atoms with Gasteiger partial charge in [-0.15, -0.1) is 23.5 Å². The van der Waals surface area contributed by atoms with Gasteiger partial charge in [-0.2, -0.15) is 0 Å². The van der Waals surface area contributed by atoms with Gasteiger partial charge in [-0.1, -0.05) is 23.2 Å². The van der Waals surface area contributed by atoms with Crippen molar-refractivity contribution in [3.05, 3.63) is 68.0 Å². The van der Waals surface area contributed by atoms with Crippen LogP contribution >= 0.6 is 69.3 Å². The number of rotatable bonds is 10. The molecule has 0 bridgehead atoms. The molecule has 4 rings (SSSR count). The van der Waals surface area contributed by atoms with Crippen LogP contribution in [0, 0.1) is 3.70 Å². The highest BCUT2D eigenvalue weighted by Crippen LogP contribution is 2.22. The maximum absolute atomic E-state index is 11.2. The van der Waals surface area contributed by atoms with Crippen molar-refractivity contribution in [3.8, 4) is 0 Å². The lowest BCUT2D eigenvalue weighted by Crippen LogP contribution is -2.06. The molecule has 0 amide bonds. The summed E-state index contributed by atoms with van der Waals surface area (Å²) in [5, 5.41) is 1.35. The summed E-state index contributed by atoms with van der Waals surface area (Å²) >= 11 is 17.1. The number of hydrogen-bond donors (Lipinski definition) is 0. The van der Waals surface area contributed by atoms with Crippen LogP contribution < -0.4 is 0 Å². The van der Waals surface area contributed by atoms with E-state index in [4.69, 9.17) is 32.7 Å². The van der Waals surface area contributed by atoms with Crippen molar-refractivity contribution in [2.45, 2.75) is 25.4 Å². The third-order valence-corrected chi connectivity index (χ3v) is 8.04. The molecule has 4 aromatic rings. The number of carbonyl (C=O) groups is 2. The lowest BCUT2D eigenvalue weighted by atomic mass is 10.5. The van der Waals surface area contributed by atoms with Crippen molar-refractivity contribution < 1.29 is 19.1 Å². The fraction of sp³-hybridized carbons (Fsp3) is 0.333. The van der Waals surface area contributed by atoms with Gasteiger partial charge >= 0.3 is 11.9 Å². The minimum Gasteiger partial charge on any atom is -0.465 e. The molecule has 0 saturated heterocycles. The first kappa shape index (κ1) is 29.9. The second-order valence-corrected chi connectivity index (χ2v) is 11.2. The molecule has 0 unspecified atom stereocenters. The molecule has 13 heteroatoms. The van der Waals surface area contributed by atoms with Crippen LogP contribution in [0.1, 0.15) is 25.2 Å². The van der Waals surface area contributed by atoms with Crippen LogP contribution in [0.4, 0.5) is 0 Å².